The van der Waals surface area contributed by atoms with Crippen LogP contribution in [0.5, 0.6) is 0 Å². The Labute approximate surface area is 62.6 Å². The third-order valence-corrected chi connectivity index (χ3v) is 2.69. The molecule has 0 aromatic heterocycles. The van der Waals surface area contributed by atoms with Crippen molar-refractivity contribution in [3.05, 3.63) is 24.3 Å². The van der Waals surface area contributed by atoms with Crippen LogP contribution in [-0.2, 0) is 0 Å². The highest BCUT2D eigenvalue weighted by Gasteiger charge is 2.27. The van der Waals surface area contributed by atoms with Gasteiger partial charge in [-0.1, -0.05) is 24.3 Å². The molecule has 0 nitrogen and oxygen atoms in total. The van der Waals surface area contributed by atoms with Crippen LogP contribution < -0.4 is 0 Å². The monoisotopic (exact) mass is 134 g/mol. The molecule has 2 aliphatic rings. The van der Waals surface area contributed by atoms with Gasteiger partial charge in [0, 0.05) is 5.41 Å². The molecule has 1 unspecified atom stereocenters. The lowest BCUT2D eigenvalue weighted by atomic mass is 9.79. The van der Waals surface area contributed by atoms with Crippen LogP contribution in [0.1, 0.15) is 32.1 Å². The second-order valence-electron chi connectivity index (χ2n) is 3.47. The van der Waals surface area contributed by atoms with E-state index in [0.29, 0.717) is 5.41 Å². The Morgan fingerprint density at radius 1 is 0.900 bits per heavy atom. The van der Waals surface area contributed by atoms with Crippen molar-refractivity contribution in [1.29, 1.82) is 0 Å². The highest BCUT2D eigenvalue weighted by Crippen LogP contribution is 2.40. The molecule has 1 atom stereocenters. The molecule has 0 aromatic carbocycles. The summed E-state index contributed by atoms with van der Waals surface area (Å²) in [4.78, 5) is 0. The largest absolute Gasteiger partial charge is 0.0877 e. The second kappa shape index (κ2) is 2.26. The third kappa shape index (κ3) is 0.920. The zero-order valence-corrected chi connectivity index (χ0v) is 6.34. The summed E-state index contributed by atoms with van der Waals surface area (Å²) in [7, 11) is 0. The molecule has 0 N–H and O–H groups in total. The van der Waals surface area contributed by atoms with Crippen LogP contribution in [0.2, 0.25) is 0 Å². The fraction of sp³-hybridized carbons (Fsp3) is 0.600. The average molecular weight is 134 g/mol. The molecule has 1 spiro atoms. The molecule has 54 valence electrons. The van der Waals surface area contributed by atoms with Gasteiger partial charge in [-0.2, -0.15) is 0 Å². The fourth-order valence-corrected chi connectivity index (χ4v) is 2.05. The van der Waals surface area contributed by atoms with E-state index in [1.165, 1.54) is 32.1 Å². The molecular formula is C10H14. The minimum atomic E-state index is 0.512. The normalized spacial score (nSPS) is 37.6. The lowest BCUT2D eigenvalue weighted by Crippen LogP contribution is -2.13. The van der Waals surface area contributed by atoms with Gasteiger partial charge in [0.15, 0.2) is 0 Å². The first kappa shape index (κ1) is 6.21. The third-order valence-electron chi connectivity index (χ3n) is 2.69. The summed E-state index contributed by atoms with van der Waals surface area (Å²) < 4.78 is 0. The van der Waals surface area contributed by atoms with E-state index in [0.717, 1.165) is 0 Å². The van der Waals surface area contributed by atoms with Gasteiger partial charge in [0.05, 0.1) is 0 Å². The summed E-state index contributed by atoms with van der Waals surface area (Å²) in [5.74, 6) is 0. The molecule has 0 fully saturated rings. The summed E-state index contributed by atoms with van der Waals surface area (Å²) in [5, 5.41) is 0. The first-order chi connectivity index (χ1) is 4.91. The van der Waals surface area contributed by atoms with E-state index >= 15 is 0 Å². The highest BCUT2D eigenvalue weighted by atomic mass is 14.3. The topological polar surface area (TPSA) is 0 Å². The SMILES string of the molecule is C1=CC2(C=CCC2)CCC1. The van der Waals surface area contributed by atoms with Crippen molar-refractivity contribution >= 4 is 0 Å². The molecule has 2 rings (SSSR count). The Morgan fingerprint density at radius 3 is 2.30 bits per heavy atom. The minimum absolute atomic E-state index is 0.512. The molecule has 0 aromatic rings. The molecule has 0 heterocycles. The van der Waals surface area contributed by atoms with Gasteiger partial charge in [0.1, 0.15) is 0 Å². The Kier molecular flexibility index (Phi) is 1.40. The Morgan fingerprint density at radius 2 is 1.70 bits per heavy atom. The predicted octanol–water partition coefficient (Wildman–Crippen LogP) is 3.06. The summed E-state index contributed by atoms with van der Waals surface area (Å²) in [6.07, 6.45) is 16.2. The second-order valence-corrected chi connectivity index (χ2v) is 3.47. The molecule has 0 bridgehead atoms. The smallest absolute Gasteiger partial charge is 0.00640 e. The van der Waals surface area contributed by atoms with E-state index in [1.807, 2.05) is 0 Å². The molecule has 0 amide bonds. The van der Waals surface area contributed by atoms with Crippen molar-refractivity contribution in [1.82, 2.24) is 0 Å². The summed E-state index contributed by atoms with van der Waals surface area (Å²) in [6.45, 7) is 0. The highest BCUT2D eigenvalue weighted by molar-refractivity contribution is 5.18. The van der Waals surface area contributed by atoms with E-state index in [9.17, 15) is 0 Å². The number of hydrogen-bond donors (Lipinski definition) is 0. The van der Waals surface area contributed by atoms with Gasteiger partial charge in [-0.25, -0.2) is 0 Å². The molecule has 0 aliphatic heterocycles. The average Bonchev–Trinajstić information content (AvgIpc) is 2.39. The van der Waals surface area contributed by atoms with Gasteiger partial charge in [0.2, 0.25) is 0 Å². The molecule has 0 saturated heterocycles. The summed E-state index contributed by atoms with van der Waals surface area (Å²) >= 11 is 0. The molecule has 10 heavy (non-hydrogen) atoms. The van der Waals surface area contributed by atoms with Crippen LogP contribution in [-0.4, -0.2) is 0 Å². The van der Waals surface area contributed by atoms with Crippen LogP contribution >= 0.6 is 0 Å². The predicted molar refractivity (Wildman–Crippen MR) is 43.8 cm³/mol. The van der Waals surface area contributed by atoms with Crippen molar-refractivity contribution < 1.29 is 0 Å². The quantitative estimate of drug-likeness (QED) is 0.447. The van der Waals surface area contributed by atoms with E-state index in [1.54, 1.807) is 0 Å². The maximum absolute atomic E-state index is 2.42. The maximum atomic E-state index is 2.42. The minimum Gasteiger partial charge on any atom is -0.0877 e. The number of hydrogen-bond acceptors (Lipinski definition) is 0. The van der Waals surface area contributed by atoms with Crippen LogP contribution in [0.4, 0.5) is 0 Å². The summed E-state index contributed by atoms with van der Waals surface area (Å²) in [6, 6.07) is 0. The lowest BCUT2D eigenvalue weighted by Gasteiger charge is -2.26. The van der Waals surface area contributed by atoms with Crippen LogP contribution in [0, 0.1) is 5.41 Å². The van der Waals surface area contributed by atoms with Gasteiger partial charge in [-0.15, -0.1) is 0 Å². The van der Waals surface area contributed by atoms with Gasteiger partial charge < -0.3 is 0 Å². The Balaban J connectivity index is 2.20. The van der Waals surface area contributed by atoms with Crippen molar-refractivity contribution in [3.63, 3.8) is 0 Å². The van der Waals surface area contributed by atoms with E-state index in [4.69, 9.17) is 0 Å². The fourth-order valence-electron chi connectivity index (χ4n) is 2.05. The molecule has 2 aliphatic carbocycles. The van der Waals surface area contributed by atoms with Gasteiger partial charge >= 0.3 is 0 Å². The molecular weight excluding hydrogens is 120 g/mol. The zero-order chi connectivity index (χ0) is 6.86. The number of allylic oxidation sites excluding steroid dienone is 4. The van der Waals surface area contributed by atoms with Crippen molar-refractivity contribution in [3.8, 4) is 0 Å². The summed E-state index contributed by atoms with van der Waals surface area (Å²) in [5.41, 5.74) is 0.512. The standard InChI is InChI=1S/C10H14/c1-2-6-10(7-3-1)8-4-5-9-10/h2,4,6,8H,1,3,5,7,9H2. The first-order valence-electron chi connectivity index (χ1n) is 4.27. The zero-order valence-electron chi connectivity index (χ0n) is 6.34. The van der Waals surface area contributed by atoms with Gasteiger partial charge in [-0.3, -0.25) is 0 Å². The first-order valence-corrected chi connectivity index (χ1v) is 4.27. The van der Waals surface area contributed by atoms with Gasteiger partial charge in [-0.05, 0) is 32.1 Å². The van der Waals surface area contributed by atoms with E-state index in [-0.39, 0.29) is 0 Å². The number of rotatable bonds is 0. The Bertz CT molecular complexity index is 176. The van der Waals surface area contributed by atoms with E-state index < -0.39 is 0 Å². The van der Waals surface area contributed by atoms with Crippen molar-refractivity contribution in [2.75, 3.05) is 0 Å². The van der Waals surface area contributed by atoms with Crippen LogP contribution in [0.15, 0.2) is 24.3 Å². The lowest BCUT2D eigenvalue weighted by molar-refractivity contribution is 0.410. The molecule has 0 radical (unpaired) electrons. The van der Waals surface area contributed by atoms with Crippen molar-refractivity contribution in [2.24, 2.45) is 5.41 Å². The van der Waals surface area contributed by atoms with Gasteiger partial charge in [0.25, 0.3) is 0 Å². The molecule has 0 heteroatoms. The van der Waals surface area contributed by atoms with Crippen LogP contribution in [0.3, 0.4) is 0 Å². The maximum Gasteiger partial charge on any atom is 0.00640 e. The van der Waals surface area contributed by atoms with Crippen molar-refractivity contribution in [2.45, 2.75) is 32.1 Å². The molecule has 0 saturated carbocycles. The van der Waals surface area contributed by atoms with Crippen LogP contribution in [0.25, 0.3) is 0 Å². The van der Waals surface area contributed by atoms with E-state index in [2.05, 4.69) is 24.3 Å². The Hall–Kier alpha value is -0.520.